The smallest absolute Gasteiger partial charge is 0.250 e. The van der Waals surface area contributed by atoms with Crippen LogP contribution in [0.1, 0.15) is 9.75 Å². The Labute approximate surface area is 91.4 Å². The van der Waals surface area contributed by atoms with E-state index in [1.54, 1.807) is 11.3 Å². The highest BCUT2D eigenvalue weighted by molar-refractivity contribution is 7.11. The largest absolute Gasteiger partial charge is 0.470 e. The van der Waals surface area contributed by atoms with Crippen LogP contribution in [0.2, 0.25) is 0 Å². The number of hydrogen-bond donors (Lipinski definition) is 0. The van der Waals surface area contributed by atoms with Crippen LogP contribution in [0.3, 0.4) is 0 Å². The lowest BCUT2D eigenvalue weighted by molar-refractivity contribution is 0.280. The van der Waals surface area contributed by atoms with Gasteiger partial charge in [0.15, 0.2) is 5.82 Å². The van der Waals surface area contributed by atoms with Crippen LogP contribution >= 0.6 is 11.3 Å². The maximum absolute atomic E-state index is 13.1. The predicted octanol–water partition coefficient (Wildman–Crippen LogP) is 3.17. The second-order valence-corrected chi connectivity index (χ2v) is 4.46. The molecule has 0 unspecified atom stereocenters. The van der Waals surface area contributed by atoms with Crippen LogP contribution in [0.4, 0.5) is 4.39 Å². The Morgan fingerprint density at radius 2 is 2.27 bits per heavy atom. The van der Waals surface area contributed by atoms with Crippen molar-refractivity contribution >= 4 is 11.3 Å². The van der Waals surface area contributed by atoms with E-state index in [-0.39, 0.29) is 5.88 Å². The van der Waals surface area contributed by atoms with Crippen molar-refractivity contribution in [1.82, 2.24) is 4.98 Å². The molecular weight excluding hydrogens is 213 g/mol. The van der Waals surface area contributed by atoms with Gasteiger partial charge >= 0.3 is 0 Å². The number of thiophene rings is 1. The van der Waals surface area contributed by atoms with E-state index in [9.17, 15) is 4.39 Å². The van der Waals surface area contributed by atoms with Gasteiger partial charge in [-0.2, -0.15) is 0 Å². The average Bonchev–Trinajstić information content (AvgIpc) is 2.63. The van der Waals surface area contributed by atoms with Crippen LogP contribution in [-0.2, 0) is 6.61 Å². The van der Waals surface area contributed by atoms with Gasteiger partial charge in [-0.15, -0.1) is 11.3 Å². The van der Waals surface area contributed by atoms with Gasteiger partial charge in [-0.3, -0.25) is 0 Å². The Bertz CT molecular complexity index is 455. The summed E-state index contributed by atoms with van der Waals surface area (Å²) in [4.78, 5) is 6.09. The van der Waals surface area contributed by atoms with Crippen molar-refractivity contribution in [3.05, 3.63) is 46.0 Å². The zero-order valence-corrected chi connectivity index (χ0v) is 9.05. The summed E-state index contributed by atoms with van der Waals surface area (Å²) in [7, 11) is 0. The van der Waals surface area contributed by atoms with Crippen LogP contribution in [0, 0.1) is 12.7 Å². The fourth-order valence-electron chi connectivity index (χ4n) is 1.18. The van der Waals surface area contributed by atoms with Crippen molar-refractivity contribution in [2.24, 2.45) is 0 Å². The highest BCUT2D eigenvalue weighted by Gasteiger charge is 2.04. The summed E-state index contributed by atoms with van der Waals surface area (Å²) < 4.78 is 18.4. The number of nitrogens with zero attached hydrogens (tertiary/aromatic N) is 1. The van der Waals surface area contributed by atoms with Crippen molar-refractivity contribution in [3.8, 4) is 5.88 Å². The highest BCUT2D eigenvalue weighted by Crippen LogP contribution is 2.18. The number of halogens is 1. The first-order chi connectivity index (χ1) is 7.25. The Morgan fingerprint density at radius 3 is 2.93 bits per heavy atom. The van der Waals surface area contributed by atoms with Gasteiger partial charge in [0.1, 0.15) is 6.61 Å². The third-order valence-corrected chi connectivity index (χ3v) is 2.85. The van der Waals surface area contributed by atoms with E-state index in [1.807, 2.05) is 19.1 Å². The first-order valence-electron chi connectivity index (χ1n) is 4.54. The molecule has 0 aliphatic heterocycles. The normalized spacial score (nSPS) is 10.3. The summed E-state index contributed by atoms with van der Waals surface area (Å²) >= 11 is 1.64. The number of ether oxygens (including phenoxy) is 1. The lowest BCUT2D eigenvalue weighted by Gasteiger charge is -2.03. The number of hydrogen-bond acceptors (Lipinski definition) is 3. The third kappa shape index (κ3) is 2.53. The molecule has 2 rings (SSSR count). The number of pyridine rings is 1. The summed E-state index contributed by atoms with van der Waals surface area (Å²) in [6.45, 7) is 2.39. The molecule has 0 aromatic carbocycles. The van der Waals surface area contributed by atoms with Crippen molar-refractivity contribution in [2.45, 2.75) is 13.5 Å². The zero-order valence-electron chi connectivity index (χ0n) is 8.24. The van der Waals surface area contributed by atoms with Crippen LogP contribution in [0.25, 0.3) is 0 Å². The molecule has 2 heterocycles. The number of rotatable bonds is 3. The quantitative estimate of drug-likeness (QED) is 0.797. The molecule has 0 saturated heterocycles. The second-order valence-electron chi connectivity index (χ2n) is 3.09. The van der Waals surface area contributed by atoms with Crippen molar-refractivity contribution in [3.63, 3.8) is 0 Å². The molecule has 2 aromatic heterocycles. The van der Waals surface area contributed by atoms with E-state index >= 15 is 0 Å². The lowest BCUT2D eigenvalue weighted by Crippen LogP contribution is -1.97. The molecule has 0 aliphatic rings. The third-order valence-electron chi connectivity index (χ3n) is 1.87. The van der Waals surface area contributed by atoms with Crippen molar-refractivity contribution in [1.29, 1.82) is 0 Å². The standard InChI is InChI=1S/C11H10FNOS/c1-8-4-5-9(15-8)7-14-11-10(12)3-2-6-13-11/h2-6H,7H2,1H3. The molecule has 0 atom stereocenters. The maximum Gasteiger partial charge on any atom is 0.250 e. The molecule has 0 spiro atoms. The van der Waals surface area contributed by atoms with Gasteiger partial charge < -0.3 is 4.74 Å². The molecule has 0 fully saturated rings. The Morgan fingerprint density at radius 1 is 1.40 bits per heavy atom. The van der Waals surface area contributed by atoms with Gasteiger partial charge in [-0.1, -0.05) is 0 Å². The zero-order chi connectivity index (χ0) is 10.7. The molecule has 78 valence electrons. The SMILES string of the molecule is Cc1ccc(COc2ncccc2F)s1. The summed E-state index contributed by atoms with van der Waals surface area (Å²) in [5.74, 6) is -0.366. The Hall–Kier alpha value is -1.42. The molecule has 0 saturated carbocycles. The number of aromatic nitrogens is 1. The van der Waals surface area contributed by atoms with E-state index in [4.69, 9.17) is 4.74 Å². The van der Waals surface area contributed by atoms with E-state index < -0.39 is 5.82 Å². The van der Waals surface area contributed by atoms with E-state index in [0.29, 0.717) is 6.61 Å². The topological polar surface area (TPSA) is 22.1 Å². The summed E-state index contributed by atoms with van der Waals surface area (Å²) in [6.07, 6.45) is 1.51. The Kier molecular flexibility index (Phi) is 2.97. The van der Waals surface area contributed by atoms with Gasteiger partial charge in [0.25, 0.3) is 5.88 Å². The molecule has 0 amide bonds. The highest BCUT2D eigenvalue weighted by atomic mass is 32.1. The molecule has 0 N–H and O–H groups in total. The van der Waals surface area contributed by atoms with Gasteiger partial charge in [-0.25, -0.2) is 9.37 Å². The summed E-state index contributed by atoms with van der Waals surface area (Å²) in [5.41, 5.74) is 0. The minimum Gasteiger partial charge on any atom is -0.470 e. The fourth-order valence-corrected chi connectivity index (χ4v) is 1.98. The first kappa shape index (κ1) is 10.1. The summed E-state index contributed by atoms with van der Waals surface area (Å²) in [6, 6.07) is 6.86. The second kappa shape index (κ2) is 4.40. The molecule has 0 aliphatic carbocycles. The fraction of sp³-hybridized carbons (Fsp3) is 0.182. The molecule has 0 bridgehead atoms. The van der Waals surface area contributed by atoms with Crippen molar-refractivity contribution < 1.29 is 9.13 Å². The molecule has 2 aromatic rings. The lowest BCUT2D eigenvalue weighted by atomic mass is 10.4. The molecular formula is C11H10FNOS. The van der Waals surface area contributed by atoms with E-state index in [2.05, 4.69) is 4.98 Å². The van der Waals surface area contributed by atoms with Crippen molar-refractivity contribution in [2.75, 3.05) is 0 Å². The van der Waals surface area contributed by atoms with Gasteiger partial charge in [0.2, 0.25) is 0 Å². The molecule has 0 radical (unpaired) electrons. The van der Waals surface area contributed by atoms with Gasteiger partial charge in [0, 0.05) is 16.0 Å². The van der Waals surface area contributed by atoms with Crippen LogP contribution in [-0.4, -0.2) is 4.98 Å². The minimum atomic E-state index is -0.425. The molecule has 4 heteroatoms. The molecule has 2 nitrogen and oxygen atoms in total. The minimum absolute atomic E-state index is 0.0588. The molecule has 15 heavy (non-hydrogen) atoms. The number of aryl methyl sites for hydroxylation is 1. The van der Waals surface area contributed by atoms with Gasteiger partial charge in [-0.05, 0) is 31.2 Å². The van der Waals surface area contributed by atoms with Crippen LogP contribution in [0.5, 0.6) is 5.88 Å². The first-order valence-corrected chi connectivity index (χ1v) is 5.36. The van der Waals surface area contributed by atoms with Gasteiger partial charge in [0.05, 0.1) is 0 Å². The average molecular weight is 223 g/mol. The monoisotopic (exact) mass is 223 g/mol. The van der Waals surface area contributed by atoms with E-state index in [1.165, 1.54) is 23.2 Å². The van der Waals surface area contributed by atoms with Crippen LogP contribution < -0.4 is 4.74 Å². The predicted molar refractivity (Wildman–Crippen MR) is 57.6 cm³/mol. The van der Waals surface area contributed by atoms with Crippen LogP contribution in [0.15, 0.2) is 30.5 Å². The summed E-state index contributed by atoms with van der Waals surface area (Å²) in [5, 5.41) is 0. The maximum atomic E-state index is 13.1. The Balaban J connectivity index is 2.02. The van der Waals surface area contributed by atoms with E-state index in [0.717, 1.165) is 4.88 Å².